The van der Waals surface area contributed by atoms with E-state index in [2.05, 4.69) is 13.8 Å². The molecule has 0 unspecified atom stereocenters. The molecule has 0 aliphatic heterocycles. The molecule has 1 aromatic carbocycles. The molecule has 1 rings (SSSR count). The molecule has 0 aromatic heterocycles. The van der Waals surface area contributed by atoms with Gasteiger partial charge in [0.1, 0.15) is 0 Å². The van der Waals surface area contributed by atoms with Gasteiger partial charge >= 0.3 is 0 Å². The lowest BCUT2D eigenvalue weighted by Gasteiger charge is -2.13. The second-order valence-corrected chi connectivity index (χ2v) is 4.45. The molecule has 19 heavy (non-hydrogen) atoms. The van der Waals surface area contributed by atoms with Gasteiger partial charge in [-0.25, -0.2) is 0 Å². The van der Waals surface area contributed by atoms with Crippen LogP contribution >= 0.6 is 0 Å². The number of ether oxygens (including phenoxy) is 2. The summed E-state index contributed by atoms with van der Waals surface area (Å²) in [6.07, 6.45) is 2.33. The maximum atomic E-state index is 10.3. The first-order valence-electron chi connectivity index (χ1n) is 6.24. The minimum absolute atomic E-state index is 0.420. The van der Waals surface area contributed by atoms with E-state index >= 15 is 0 Å². The number of nitro groups is 1. The summed E-state index contributed by atoms with van der Waals surface area (Å²) in [5.41, 5.74) is 0.706. The average molecular weight is 265 g/mol. The van der Waals surface area contributed by atoms with Crippen LogP contribution < -0.4 is 9.47 Å². The Hall–Kier alpha value is -2.04. The monoisotopic (exact) mass is 265 g/mol. The molecule has 0 atom stereocenters. The van der Waals surface area contributed by atoms with Crippen LogP contribution in [0.25, 0.3) is 6.08 Å². The topological polar surface area (TPSA) is 61.6 Å². The number of hydrogen-bond acceptors (Lipinski definition) is 4. The molecule has 0 heterocycles. The summed E-state index contributed by atoms with van der Waals surface area (Å²) in [6, 6.07) is 5.27. The molecule has 5 heteroatoms. The van der Waals surface area contributed by atoms with Crippen molar-refractivity contribution in [3.05, 3.63) is 40.1 Å². The lowest BCUT2D eigenvalue weighted by molar-refractivity contribution is -0.400. The Morgan fingerprint density at radius 2 is 2.05 bits per heavy atom. The van der Waals surface area contributed by atoms with Crippen LogP contribution in [0.1, 0.15) is 26.3 Å². The normalized spacial score (nSPS) is 10.9. The van der Waals surface area contributed by atoms with E-state index in [4.69, 9.17) is 9.47 Å². The van der Waals surface area contributed by atoms with E-state index in [1.807, 2.05) is 6.92 Å². The van der Waals surface area contributed by atoms with Gasteiger partial charge in [-0.05, 0) is 30.5 Å². The summed E-state index contributed by atoms with van der Waals surface area (Å²) in [5.74, 6) is 1.69. The number of nitrogens with zero attached hydrogens (tertiary/aromatic N) is 1. The minimum Gasteiger partial charge on any atom is -0.490 e. The summed E-state index contributed by atoms with van der Waals surface area (Å²) in [5, 5.41) is 10.3. The highest BCUT2D eigenvalue weighted by Crippen LogP contribution is 2.29. The molecule has 0 saturated carbocycles. The summed E-state index contributed by atoms with van der Waals surface area (Å²) < 4.78 is 11.1. The molecule has 0 aliphatic rings. The standard InChI is InChI=1S/C14H19NO4/c1-4-18-14-9-12(7-8-15(16)17)5-6-13(14)19-10-11(2)3/h5-9,11H,4,10H2,1-3H3/b8-7+. The van der Waals surface area contributed by atoms with Crippen molar-refractivity contribution in [2.24, 2.45) is 5.92 Å². The zero-order valence-electron chi connectivity index (χ0n) is 11.5. The van der Waals surface area contributed by atoms with E-state index in [-0.39, 0.29) is 0 Å². The molecular weight excluding hydrogens is 246 g/mol. The van der Waals surface area contributed by atoms with Crippen molar-refractivity contribution in [3.8, 4) is 11.5 Å². The Morgan fingerprint density at radius 1 is 1.32 bits per heavy atom. The lowest BCUT2D eigenvalue weighted by atomic mass is 10.2. The first-order chi connectivity index (χ1) is 9.02. The van der Waals surface area contributed by atoms with Gasteiger partial charge in [-0.1, -0.05) is 19.9 Å². The molecule has 5 nitrogen and oxygen atoms in total. The maximum Gasteiger partial charge on any atom is 0.235 e. The van der Waals surface area contributed by atoms with Crippen LogP contribution in [0, 0.1) is 16.0 Å². The van der Waals surface area contributed by atoms with Gasteiger partial charge in [-0.2, -0.15) is 0 Å². The molecule has 0 saturated heterocycles. The summed E-state index contributed by atoms with van der Waals surface area (Å²) in [7, 11) is 0. The third-order valence-electron chi connectivity index (χ3n) is 2.23. The highest BCUT2D eigenvalue weighted by Gasteiger charge is 2.07. The minimum atomic E-state index is -0.497. The predicted molar refractivity (Wildman–Crippen MR) is 74.0 cm³/mol. The maximum absolute atomic E-state index is 10.3. The van der Waals surface area contributed by atoms with E-state index in [0.29, 0.717) is 36.2 Å². The third-order valence-corrected chi connectivity index (χ3v) is 2.23. The van der Waals surface area contributed by atoms with Crippen LogP contribution in [-0.2, 0) is 0 Å². The predicted octanol–water partition coefficient (Wildman–Crippen LogP) is 3.37. The molecular formula is C14H19NO4. The Morgan fingerprint density at radius 3 is 2.63 bits per heavy atom. The molecule has 1 aromatic rings. The molecule has 0 aliphatic carbocycles. The molecule has 104 valence electrons. The van der Waals surface area contributed by atoms with Gasteiger partial charge in [0.15, 0.2) is 11.5 Å². The Balaban J connectivity index is 2.90. The number of hydrogen-bond donors (Lipinski definition) is 0. The van der Waals surface area contributed by atoms with Crippen molar-refractivity contribution < 1.29 is 14.4 Å². The Kier molecular flexibility index (Phi) is 5.85. The molecule has 0 spiro atoms. The van der Waals surface area contributed by atoms with E-state index < -0.39 is 4.92 Å². The molecule has 0 N–H and O–H groups in total. The smallest absolute Gasteiger partial charge is 0.235 e. The summed E-state index contributed by atoms with van der Waals surface area (Å²) in [6.45, 7) is 7.12. The average Bonchev–Trinajstić information content (AvgIpc) is 2.35. The summed E-state index contributed by atoms with van der Waals surface area (Å²) in [4.78, 5) is 9.79. The van der Waals surface area contributed by atoms with Crippen molar-refractivity contribution in [2.45, 2.75) is 20.8 Å². The zero-order chi connectivity index (χ0) is 14.3. The Bertz CT molecular complexity index is 455. The van der Waals surface area contributed by atoms with Crippen LogP contribution in [0.3, 0.4) is 0 Å². The van der Waals surface area contributed by atoms with Gasteiger partial charge in [-0.3, -0.25) is 10.1 Å². The molecule has 0 radical (unpaired) electrons. The fourth-order valence-electron chi connectivity index (χ4n) is 1.42. The number of benzene rings is 1. The van der Waals surface area contributed by atoms with Crippen LogP contribution in [-0.4, -0.2) is 18.1 Å². The highest BCUT2D eigenvalue weighted by atomic mass is 16.6. The van der Waals surface area contributed by atoms with E-state index in [1.165, 1.54) is 6.08 Å². The zero-order valence-corrected chi connectivity index (χ0v) is 11.5. The van der Waals surface area contributed by atoms with E-state index in [1.54, 1.807) is 18.2 Å². The van der Waals surface area contributed by atoms with Gasteiger partial charge in [0.05, 0.1) is 18.1 Å². The largest absolute Gasteiger partial charge is 0.490 e. The first kappa shape index (κ1) is 15.0. The first-order valence-corrected chi connectivity index (χ1v) is 6.24. The quantitative estimate of drug-likeness (QED) is 0.560. The van der Waals surface area contributed by atoms with E-state index in [9.17, 15) is 10.1 Å². The summed E-state index contributed by atoms with van der Waals surface area (Å²) >= 11 is 0. The molecule has 0 bridgehead atoms. The second kappa shape index (κ2) is 7.41. The molecule has 0 fully saturated rings. The lowest BCUT2D eigenvalue weighted by Crippen LogP contribution is -2.06. The van der Waals surface area contributed by atoms with Gasteiger partial charge in [-0.15, -0.1) is 0 Å². The van der Waals surface area contributed by atoms with Gasteiger partial charge in [0.2, 0.25) is 6.20 Å². The SMILES string of the molecule is CCOc1cc(/C=C/[N+](=O)[O-])ccc1OCC(C)C. The van der Waals surface area contributed by atoms with Gasteiger partial charge < -0.3 is 9.47 Å². The van der Waals surface area contributed by atoms with Crippen LogP contribution in [0.5, 0.6) is 11.5 Å². The highest BCUT2D eigenvalue weighted by molar-refractivity contribution is 5.55. The van der Waals surface area contributed by atoms with Crippen LogP contribution in [0.2, 0.25) is 0 Å². The van der Waals surface area contributed by atoms with Crippen molar-refractivity contribution in [3.63, 3.8) is 0 Å². The van der Waals surface area contributed by atoms with Crippen molar-refractivity contribution in [1.29, 1.82) is 0 Å². The van der Waals surface area contributed by atoms with Crippen LogP contribution in [0.4, 0.5) is 0 Å². The van der Waals surface area contributed by atoms with Crippen molar-refractivity contribution in [1.82, 2.24) is 0 Å². The number of rotatable bonds is 7. The van der Waals surface area contributed by atoms with Crippen molar-refractivity contribution in [2.75, 3.05) is 13.2 Å². The Labute approximate surface area is 113 Å². The van der Waals surface area contributed by atoms with Crippen LogP contribution in [0.15, 0.2) is 24.4 Å². The third kappa shape index (κ3) is 5.42. The second-order valence-electron chi connectivity index (χ2n) is 4.45. The molecule has 0 amide bonds. The van der Waals surface area contributed by atoms with Gasteiger partial charge in [0, 0.05) is 6.08 Å². The van der Waals surface area contributed by atoms with E-state index in [0.717, 1.165) is 6.20 Å². The fraction of sp³-hybridized carbons (Fsp3) is 0.429. The van der Waals surface area contributed by atoms with Crippen molar-refractivity contribution >= 4 is 6.08 Å². The fourth-order valence-corrected chi connectivity index (χ4v) is 1.42. The van der Waals surface area contributed by atoms with Gasteiger partial charge in [0.25, 0.3) is 0 Å².